The van der Waals surface area contributed by atoms with Crippen LogP contribution in [0, 0.1) is 0 Å². The third kappa shape index (κ3) is 4.03. The molecular weight excluding hydrogens is 324 g/mol. The number of aromatic nitrogens is 2. The highest BCUT2D eigenvalue weighted by atomic mass is 32.2. The number of piperidine rings is 1. The summed E-state index contributed by atoms with van der Waals surface area (Å²) in [6, 6.07) is 8.75. The number of hydrogen-bond donors (Lipinski definition) is 1. The normalized spacial score (nSPS) is 17.2. The Labute approximate surface area is 143 Å². The second kappa shape index (κ2) is 7.46. The predicted octanol–water partition coefficient (Wildman–Crippen LogP) is 1.78. The molecule has 24 heavy (non-hydrogen) atoms. The minimum Gasteiger partial charge on any atom is -0.310 e. The zero-order valence-electron chi connectivity index (χ0n) is 13.9. The van der Waals surface area contributed by atoms with Crippen LogP contribution in [0.15, 0.2) is 43.0 Å². The van der Waals surface area contributed by atoms with Gasteiger partial charge < -0.3 is 9.88 Å². The molecule has 3 rings (SSSR count). The lowest BCUT2D eigenvalue weighted by molar-refractivity contribution is 0.289. The molecule has 0 aliphatic carbocycles. The Morgan fingerprint density at radius 3 is 2.50 bits per heavy atom. The summed E-state index contributed by atoms with van der Waals surface area (Å²) in [5.41, 5.74) is 2.32. The van der Waals surface area contributed by atoms with Gasteiger partial charge in [0.25, 0.3) is 0 Å². The minimum atomic E-state index is -3.04. The molecule has 0 bridgehead atoms. The average molecular weight is 348 g/mol. The van der Waals surface area contributed by atoms with Gasteiger partial charge in [0.2, 0.25) is 10.0 Å². The number of nitrogens with zero attached hydrogens (tertiary/aromatic N) is 3. The van der Waals surface area contributed by atoms with Crippen molar-refractivity contribution in [2.45, 2.75) is 32.4 Å². The Bertz CT molecular complexity index is 733. The predicted molar refractivity (Wildman–Crippen MR) is 94.5 cm³/mol. The largest absolute Gasteiger partial charge is 0.310 e. The van der Waals surface area contributed by atoms with Gasteiger partial charge in [0, 0.05) is 43.8 Å². The maximum Gasteiger partial charge on any atom is 0.213 e. The maximum atomic E-state index is 11.9. The van der Waals surface area contributed by atoms with Crippen LogP contribution < -0.4 is 5.32 Å². The first kappa shape index (κ1) is 17.1. The number of rotatable bonds is 6. The molecule has 0 spiro atoms. The van der Waals surface area contributed by atoms with Crippen LogP contribution >= 0.6 is 0 Å². The molecule has 130 valence electrons. The summed E-state index contributed by atoms with van der Waals surface area (Å²) in [4.78, 5) is 4.05. The van der Waals surface area contributed by atoms with E-state index in [1.165, 1.54) is 5.56 Å². The van der Waals surface area contributed by atoms with E-state index in [0.29, 0.717) is 19.1 Å². The van der Waals surface area contributed by atoms with Crippen LogP contribution in [0.5, 0.6) is 0 Å². The number of nitrogens with one attached hydrogen (secondary N) is 1. The van der Waals surface area contributed by atoms with E-state index >= 15 is 0 Å². The summed E-state index contributed by atoms with van der Waals surface area (Å²) in [6.45, 7) is 3.74. The van der Waals surface area contributed by atoms with Crippen molar-refractivity contribution in [3.63, 3.8) is 0 Å². The molecule has 1 aliphatic heterocycles. The van der Waals surface area contributed by atoms with Crippen LogP contribution in [-0.4, -0.2) is 47.2 Å². The van der Waals surface area contributed by atoms with E-state index < -0.39 is 10.0 Å². The Hall–Kier alpha value is -1.70. The first-order valence-electron chi connectivity index (χ1n) is 8.37. The molecule has 0 saturated carbocycles. The zero-order chi connectivity index (χ0) is 17.0. The molecule has 0 amide bonds. The Morgan fingerprint density at radius 2 is 1.92 bits per heavy atom. The van der Waals surface area contributed by atoms with E-state index in [1.54, 1.807) is 23.8 Å². The van der Waals surface area contributed by atoms with Crippen molar-refractivity contribution < 1.29 is 8.42 Å². The Kier molecular flexibility index (Phi) is 5.33. The van der Waals surface area contributed by atoms with E-state index in [9.17, 15) is 8.42 Å². The first-order chi connectivity index (χ1) is 11.6. The van der Waals surface area contributed by atoms with Crippen LogP contribution in [0.3, 0.4) is 0 Å². The maximum absolute atomic E-state index is 11.9. The lowest BCUT2D eigenvalue weighted by atomic mass is 10.1. The summed E-state index contributed by atoms with van der Waals surface area (Å²) in [5, 5.41) is 3.54. The minimum absolute atomic E-state index is 0.189. The molecule has 1 N–H and O–H groups in total. The number of benzene rings is 1. The van der Waals surface area contributed by atoms with Crippen LogP contribution in [-0.2, 0) is 16.6 Å². The van der Waals surface area contributed by atoms with Crippen molar-refractivity contribution in [3.05, 3.63) is 48.5 Å². The van der Waals surface area contributed by atoms with E-state index in [1.807, 2.05) is 10.8 Å². The van der Waals surface area contributed by atoms with E-state index in [-0.39, 0.29) is 5.75 Å². The topological polar surface area (TPSA) is 67.2 Å². The lowest BCUT2D eigenvalue weighted by Crippen LogP contribution is -2.45. The standard InChI is InChI=1S/C17H24N4O2S/c1-2-24(22,23)21-10-7-16(8-11-21)19-13-15-3-5-17(6-4-15)20-12-9-18-14-20/h3-6,9,12,14,16,19H,2,7-8,10-11,13H2,1H3. The van der Waals surface area contributed by atoms with Crippen LogP contribution in [0.4, 0.5) is 0 Å². The first-order valence-corrected chi connectivity index (χ1v) is 9.98. The van der Waals surface area contributed by atoms with Crippen molar-refractivity contribution in [2.24, 2.45) is 0 Å². The SMILES string of the molecule is CCS(=O)(=O)N1CCC(NCc2ccc(-n3ccnc3)cc2)CC1. The third-order valence-corrected chi connectivity index (χ3v) is 6.43. The van der Waals surface area contributed by atoms with Gasteiger partial charge in [0.05, 0.1) is 12.1 Å². The molecule has 0 atom stereocenters. The average Bonchev–Trinajstić information content (AvgIpc) is 3.15. The zero-order valence-corrected chi connectivity index (χ0v) is 14.7. The van der Waals surface area contributed by atoms with Gasteiger partial charge in [-0.1, -0.05) is 12.1 Å². The van der Waals surface area contributed by atoms with Gasteiger partial charge in [-0.15, -0.1) is 0 Å². The Morgan fingerprint density at radius 1 is 1.21 bits per heavy atom. The molecule has 2 aromatic rings. The molecule has 7 heteroatoms. The monoisotopic (exact) mass is 348 g/mol. The molecule has 0 unspecified atom stereocenters. The van der Waals surface area contributed by atoms with E-state index in [0.717, 1.165) is 25.1 Å². The highest BCUT2D eigenvalue weighted by Crippen LogP contribution is 2.15. The van der Waals surface area contributed by atoms with Gasteiger partial charge in [-0.25, -0.2) is 17.7 Å². The molecule has 1 fully saturated rings. The summed E-state index contributed by atoms with van der Waals surface area (Å²) in [6.07, 6.45) is 7.20. The van der Waals surface area contributed by atoms with Crippen molar-refractivity contribution in [3.8, 4) is 5.69 Å². The quantitative estimate of drug-likeness (QED) is 0.864. The number of hydrogen-bond acceptors (Lipinski definition) is 4. The van der Waals surface area contributed by atoms with Crippen LogP contribution in [0.2, 0.25) is 0 Å². The van der Waals surface area contributed by atoms with Gasteiger partial charge in [-0.3, -0.25) is 0 Å². The van der Waals surface area contributed by atoms with E-state index in [2.05, 4.69) is 34.6 Å². The second-order valence-corrected chi connectivity index (χ2v) is 8.35. The summed E-state index contributed by atoms with van der Waals surface area (Å²) >= 11 is 0. The van der Waals surface area contributed by atoms with Gasteiger partial charge >= 0.3 is 0 Å². The van der Waals surface area contributed by atoms with Crippen molar-refractivity contribution in [1.29, 1.82) is 0 Å². The fourth-order valence-electron chi connectivity index (χ4n) is 2.98. The molecule has 0 radical (unpaired) electrons. The summed E-state index contributed by atoms with van der Waals surface area (Å²) < 4.78 is 27.3. The van der Waals surface area contributed by atoms with Crippen molar-refractivity contribution in [2.75, 3.05) is 18.8 Å². The molecule has 1 aliphatic rings. The number of sulfonamides is 1. The summed E-state index contributed by atoms with van der Waals surface area (Å²) in [5.74, 6) is 0.189. The number of imidazole rings is 1. The highest BCUT2D eigenvalue weighted by molar-refractivity contribution is 7.89. The second-order valence-electron chi connectivity index (χ2n) is 6.09. The molecule has 6 nitrogen and oxygen atoms in total. The van der Waals surface area contributed by atoms with Crippen LogP contribution in [0.1, 0.15) is 25.3 Å². The van der Waals surface area contributed by atoms with Gasteiger partial charge in [0.15, 0.2) is 0 Å². The lowest BCUT2D eigenvalue weighted by Gasteiger charge is -2.31. The van der Waals surface area contributed by atoms with Gasteiger partial charge in [0.1, 0.15) is 0 Å². The van der Waals surface area contributed by atoms with Gasteiger partial charge in [-0.2, -0.15) is 0 Å². The van der Waals surface area contributed by atoms with Crippen molar-refractivity contribution >= 4 is 10.0 Å². The smallest absolute Gasteiger partial charge is 0.213 e. The molecule has 2 heterocycles. The highest BCUT2D eigenvalue weighted by Gasteiger charge is 2.26. The Balaban J connectivity index is 1.49. The fraction of sp³-hybridized carbons (Fsp3) is 0.471. The van der Waals surface area contributed by atoms with E-state index in [4.69, 9.17) is 0 Å². The molecule has 1 aromatic carbocycles. The van der Waals surface area contributed by atoms with Gasteiger partial charge in [-0.05, 0) is 37.5 Å². The van der Waals surface area contributed by atoms with Crippen molar-refractivity contribution in [1.82, 2.24) is 19.2 Å². The molecule has 1 saturated heterocycles. The van der Waals surface area contributed by atoms with Crippen LogP contribution in [0.25, 0.3) is 5.69 Å². The third-order valence-electron chi connectivity index (χ3n) is 4.55. The molecular formula is C17H24N4O2S. The molecule has 1 aromatic heterocycles. The fourth-order valence-corrected chi connectivity index (χ4v) is 4.11. The summed E-state index contributed by atoms with van der Waals surface area (Å²) in [7, 11) is -3.04.